The van der Waals surface area contributed by atoms with Gasteiger partial charge in [0.2, 0.25) is 11.8 Å². The van der Waals surface area contributed by atoms with E-state index in [2.05, 4.69) is 0 Å². The lowest BCUT2D eigenvalue weighted by atomic mass is 10.1. The Morgan fingerprint density at radius 2 is 2.05 bits per heavy atom. The van der Waals surface area contributed by atoms with E-state index in [0.29, 0.717) is 0 Å². The van der Waals surface area contributed by atoms with E-state index in [1.165, 1.54) is 0 Å². The fourth-order valence-electron chi connectivity index (χ4n) is 2.03. The molecule has 2 rings (SSSR count). The Balaban J connectivity index is 2.38. The highest BCUT2D eigenvalue weighted by Crippen LogP contribution is 2.37. The third kappa shape index (κ3) is 2.72. The minimum absolute atomic E-state index is 0.0106. The van der Waals surface area contributed by atoms with Crippen LogP contribution < -0.4 is 10.6 Å². The van der Waals surface area contributed by atoms with Crippen LogP contribution in [0.4, 0.5) is 18.9 Å². The maximum atomic E-state index is 12.7. The van der Waals surface area contributed by atoms with E-state index in [1.54, 1.807) is 0 Å². The lowest BCUT2D eigenvalue weighted by Crippen LogP contribution is -2.28. The van der Waals surface area contributed by atoms with Gasteiger partial charge in [-0.25, -0.2) is 0 Å². The van der Waals surface area contributed by atoms with Gasteiger partial charge in [0.05, 0.1) is 22.2 Å². The molecule has 0 aromatic heterocycles. The first-order chi connectivity index (χ1) is 9.20. The van der Waals surface area contributed by atoms with Crippen LogP contribution >= 0.6 is 11.6 Å². The van der Waals surface area contributed by atoms with Crippen LogP contribution in [0.25, 0.3) is 0 Å². The second-order valence-electron chi connectivity index (χ2n) is 4.47. The van der Waals surface area contributed by atoms with Crippen LogP contribution in [0.15, 0.2) is 18.2 Å². The summed E-state index contributed by atoms with van der Waals surface area (Å²) in [4.78, 5) is 23.9. The van der Waals surface area contributed by atoms with Crippen molar-refractivity contribution in [3.8, 4) is 0 Å². The van der Waals surface area contributed by atoms with Crippen LogP contribution in [0.2, 0.25) is 5.02 Å². The first-order valence-electron chi connectivity index (χ1n) is 5.66. The Morgan fingerprint density at radius 1 is 1.40 bits per heavy atom. The standard InChI is InChI=1S/C12H10ClF3N2O2/c13-8-2-1-7(12(14,15)16)4-9(8)18-5-6(11(17)20)3-10(18)19/h1-2,4,6H,3,5H2,(H2,17,20). The molecule has 0 radical (unpaired) electrons. The summed E-state index contributed by atoms with van der Waals surface area (Å²) < 4.78 is 38.0. The Hall–Kier alpha value is -1.76. The summed E-state index contributed by atoms with van der Waals surface area (Å²) in [5, 5.41) is 0.0106. The molecule has 1 aromatic rings. The second kappa shape index (κ2) is 4.97. The molecule has 0 aliphatic carbocycles. The van der Waals surface area contributed by atoms with Gasteiger partial charge < -0.3 is 10.6 Å². The highest BCUT2D eigenvalue weighted by Gasteiger charge is 2.37. The normalized spacial score (nSPS) is 19.5. The molecule has 4 nitrogen and oxygen atoms in total. The van der Waals surface area contributed by atoms with Crippen LogP contribution in [-0.4, -0.2) is 18.4 Å². The summed E-state index contributed by atoms with van der Waals surface area (Å²) in [5.41, 5.74) is 4.14. The summed E-state index contributed by atoms with van der Waals surface area (Å²) in [7, 11) is 0. The smallest absolute Gasteiger partial charge is 0.369 e. The van der Waals surface area contributed by atoms with Gasteiger partial charge in [0.1, 0.15) is 0 Å². The van der Waals surface area contributed by atoms with Gasteiger partial charge in [0, 0.05) is 13.0 Å². The summed E-state index contributed by atoms with van der Waals surface area (Å²) in [5.74, 6) is -1.85. The monoisotopic (exact) mass is 306 g/mol. The van der Waals surface area contributed by atoms with Crippen molar-refractivity contribution in [1.29, 1.82) is 0 Å². The molecule has 0 saturated carbocycles. The van der Waals surface area contributed by atoms with Gasteiger partial charge >= 0.3 is 6.18 Å². The predicted octanol–water partition coefficient (Wildman–Crippen LogP) is 2.20. The van der Waals surface area contributed by atoms with Crippen molar-refractivity contribution in [2.75, 3.05) is 11.4 Å². The molecule has 8 heteroatoms. The van der Waals surface area contributed by atoms with Crippen LogP contribution in [-0.2, 0) is 15.8 Å². The molecule has 108 valence electrons. The largest absolute Gasteiger partial charge is 0.416 e. The minimum Gasteiger partial charge on any atom is -0.369 e. The number of alkyl halides is 3. The van der Waals surface area contributed by atoms with Gasteiger partial charge in [-0.3, -0.25) is 9.59 Å². The number of carbonyl (C=O) groups excluding carboxylic acids is 2. The van der Waals surface area contributed by atoms with Crippen molar-refractivity contribution in [1.82, 2.24) is 0 Å². The van der Waals surface area contributed by atoms with Crippen molar-refractivity contribution in [2.45, 2.75) is 12.6 Å². The van der Waals surface area contributed by atoms with Gasteiger partial charge in [-0.15, -0.1) is 0 Å². The molecule has 1 unspecified atom stereocenters. The topological polar surface area (TPSA) is 63.4 Å². The number of rotatable bonds is 2. The molecule has 20 heavy (non-hydrogen) atoms. The molecule has 1 aliphatic heterocycles. The summed E-state index contributed by atoms with van der Waals surface area (Å²) in [6.07, 6.45) is -4.66. The highest BCUT2D eigenvalue weighted by molar-refractivity contribution is 6.34. The number of nitrogens with two attached hydrogens (primary N) is 1. The molecule has 1 saturated heterocycles. The number of halogens is 4. The average molecular weight is 307 g/mol. The first-order valence-corrected chi connectivity index (χ1v) is 6.04. The summed E-state index contributed by atoms with van der Waals surface area (Å²) in [6, 6.07) is 2.70. The van der Waals surface area contributed by atoms with Crippen molar-refractivity contribution >= 4 is 29.1 Å². The average Bonchev–Trinajstić information content (AvgIpc) is 2.70. The molecular weight excluding hydrogens is 297 g/mol. The van der Waals surface area contributed by atoms with Crippen LogP contribution in [0.3, 0.4) is 0 Å². The van der Waals surface area contributed by atoms with E-state index in [1.807, 2.05) is 0 Å². The van der Waals surface area contributed by atoms with E-state index in [0.717, 1.165) is 23.1 Å². The van der Waals surface area contributed by atoms with Gasteiger partial charge in [0.15, 0.2) is 0 Å². The van der Waals surface area contributed by atoms with Crippen molar-refractivity contribution in [2.24, 2.45) is 11.7 Å². The molecule has 0 bridgehead atoms. The Labute approximate surface area is 117 Å². The zero-order valence-electron chi connectivity index (χ0n) is 10.1. The summed E-state index contributed by atoms with van der Waals surface area (Å²) >= 11 is 5.84. The molecule has 0 spiro atoms. The number of carbonyl (C=O) groups is 2. The van der Waals surface area contributed by atoms with Crippen molar-refractivity contribution in [3.05, 3.63) is 28.8 Å². The van der Waals surface area contributed by atoms with E-state index in [-0.39, 0.29) is 23.7 Å². The van der Waals surface area contributed by atoms with E-state index in [4.69, 9.17) is 17.3 Å². The Morgan fingerprint density at radius 3 is 2.55 bits per heavy atom. The van der Waals surface area contributed by atoms with Crippen LogP contribution in [0.1, 0.15) is 12.0 Å². The number of amides is 2. The van der Waals surface area contributed by atoms with Gasteiger partial charge in [-0.2, -0.15) is 13.2 Å². The fraction of sp³-hybridized carbons (Fsp3) is 0.333. The third-order valence-electron chi connectivity index (χ3n) is 3.09. The number of benzene rings is 1. The summed E-state index contributed by atoms with van der Waals surface area (Å²) in [6.45, 7) is -0.0603. The van der Waals surface area contributed by atoms with Gasteiger partial charge in [0.25, 0.3) is 0 Å². The highest BCUT2D eigenvalue weighted by atomic mass is 35.5. The van der Waals surface area contributed by atoms with Crippen LogP contribution in [0, 0.1) is 5.92 Å². The molecule has 2 amide bonds. The quantitative estimate of drug-likeness (QED) is 0.910. The molecule has 2 N–H and O–H groups in total. The van der Waals surface area contributed by atoms with Gasteiger partial charge in [-0.05, 0) is 18.2 Å². The SMILES string of the molecule is NC(=O)C1CC(=O)N(c2cc(C(F)(F)F)ccc2Cl)C1. The molecular formula is C12H10ClF3N2O2. The maximum absolute atomic E-state index is 12.7. The number of hydrogen-bond donors (Lipinski definition) is 1. The maximum Gasteiger partial charge on any atom is 0.416 e. The van der Waals surface area contributed by atoms with E-state index in [9.17, 15) is 22.8 Å². The van der Waals surface area contributed by atoms with Gasteiger partial charge in [-0.1, -0.05) is 11.6 Å². The van der Waals surface area contributed by atoms with Crippen molar-refractivity contribution < 1.29 is 22.8 Å². The Bertz CT molecular complexity index is 574. The predicted molar refractivity (Wildman–Crippen MR) is 66.1 cm³/mol. The van der Waals surface area contributed by atoms with E-state index < -0.39 is 29.5 Å². The minimum atomic E-state index is -4.54. The van der Waals surface area contributed by atoms with Crippen LogP contribution in [0.5, 0.6) is 0 Å². The van der Waals surface area contributed by atoms with E-state index >= 15 is 0 Å². The zero-order valence-corrected chi connectivity index (χ0v) is 10.8. The number of primary amides is 1. The number of hydrogen-bond acceptors (Lipinski definition) is 2. The lowest BCUT2D eigenvalue weighted by Gasteiger charge is -2.19. The Kier molecular flexibility index (Phi) is 3.64. The first kappa shape index (κ1) is 14.6. The lowest BCUT2D eigenvalue weighted by molar-refractivity contribution is -0.137. The third-order valence-corrected chi connectivity index (χ3v) is 3.41. The molecule has 1 heterocycles. The molecule has 1 fully saturated rings. The fourth-order valence-corrected chi connectivity index (χ4v) is 2.25. The molecule has 1 aromatic carbocycles. The molecule has 1 aliphatic rings. The number of anilines is 1. The second-order valence-corrected chi connectivity index (χ2v) is 4.88. The zero-order chi connectivity index (χ0) is 15.1. The number of nitrogens with zero attached hydrogens (tertiary/aromatic N) is 1. The van der Waals surface area contributed by atoms with Crippen molar-refractivity contribution in [3.63, 3.8) is 0 Å². The molecule has 1 atom stereocenters.